The Morgan fingerprint density at radius 2 is 1.79 bits per heavy atom. The first kappa shape index (κ1) is 28.5. The Morgan fingerprint density at radius 1 is 1.13 bits per heavy atom. The summed E-state index contributed by atoms with van der Waals surface area (Å²) in [5, 5.41) is 54.6. The number of aliphatic hydroxyl groups is 4. The molecular weight excluding hydrogens is 529 g/mol. The maximum Gasteiger partial charge on any atom is 0.194 e. The number of hydrogen-bond acceptors (Lipinski definition) is 10. The highest BCUT2D eigenvalue weighted by Crippen LogP contribution is 2.48. The quantitative estimate of drug-likeness (QED) is 0.289. The van der Waals surface area contributed by atoms with Crippen LogP contribution in [0.1, 0.15) is 49.2 Å². The fourth-order valence-electron chi connectivity index (χ4n) is 4.55. The molecule has 1 aromatic carbocycles. The van der Waals surface area contributed by atoms with Gasteiger partial charge < -0.3 is 29.7 Å². The summed E-state index contributed by atoms with van der Waals surface area (Å²) in [7, 11) is 0. The van der Waals surface area contributed by atoms with Crippen molar-refractivity contribution >= 4 is 11.8 Å². The van der Waals surface area contributed by atoms with Gasteiger partial charge in [0.25, 0.3) is 0 Å². The Morgan fingerprint density at radius 3 is 2.34 bits per heavy atom. The number of ether oxygens (including phenoxy) is 1. The lowest BCUT2D eigenvalue weighted by atomic mass is 9.89. The van der Waals surface area contributed by atoms with Crippen LogP contribution in [0.15, 0.2) is 29.1 Å². The van der Waals surface area contributed by atoms with Crippen LogP contribution in [0.3, 0.4) is 0 Å². The summed E-state index contributed by atoms with van der Waals surface area (Å²) in [6, 6.07) is 0.303. The van der Waals surface area contributed by atoms with E-state index >= 15 is 0 Å². The normalized spacial score (nSPS) is 25.1. The first-order chi connectivity index (χ1) is 18.0. The maximum absolute atomic E-state index is 13.8. The highest BCUT2D eigenvalue weighted by molar-refractivity contribution is 8.00. The van der Waals surface area contributed by atoms with E-state index in [9.17, 15) is 33.6 Å². The zero-order valence-corrected chi connectivity index (χ0v) is 21.6. The van der Waals surface area contributed by atoms with Crippen LogP contribution in [0.4, 0.5) is 13.2 Å². The van der Waals surface area contributed by atoms with Crippen molar-refractivity contribution in [1.82, 2.24) is 20.2 Å². The number of rotatable bonds is 9. The summed E-state index contributed by atoms with van der Waals surface area (Å²) in [6.45, 7) is 4.76. The summed E-state index contributed by atoms with van der Waals surface area (Å²) in [6.07, 6.45) is -0.651. The van der Waals surface area contributed by atoms with Gasteiger partial charge in [-0.25, -0.2) is 17.9 Å². The van der Waals surface area contributed by atoms with Crippen molar-refractivity contribution in [2.24, 2.45) is 0 Å². The van der Waals surface area contributed by atoms with Gasteiger partial charge in [-0.1, -0.05) is 24.2 Å². The fraction of sp³-hybridized carbons (Fsp3) is 0.542. The van der Waals surface area contributed by atoms with Crippen molar-refractivity contribution in [2.75, 3.05) is 6.61 Å². The monoisotopic (exact) mass is 558 g/mol. The van der Waals surface area contributed by atoms with Crippen molar-refractivity contribution in [3.8, 4) is 11.3 Å². The smallest absolute Gasteiger partial charge is 0.194 e. The zero-order valence-electron chi connectivity index (χ0n) is 20.8. The largest absolute Gasteiger partial charge is 0.394 e. The minimum atomic E-state index is -1.63. The lowest BCUT2D eigenvalue weighted by Crippen LogP contribution is -2.55. The van der Waals surface area contributed by atoms with Crippen LogP contribution in [0.5, 0.6) is 0 Å². The minimum Gasteiger partial charge on any atom is -0.394 e. The molecule has 0 bridgehead atoms. The van der Waals surface area contributed by atoms with E-state index in [2.05, 4.69) is 15.5 Å². The van der Waals surface area contributed by atoms with Gasteiger partial charge in [0.05, 0.1) is 29.3 Å². The Balaban J connectivity index is 1.68. The number of benzene rings is 1. The predicted octanol–water partition coefficient (Wildman–Crippen LogP) is 2.66. The highest BCUT2D eigenvalue weighted by Gasteiger charge is 2.49. The van der Waals surface area contributed by atoms with Gasteiger partial charge in [0.15, 0.2) is 17.5 Å². The Bertz CT molecular complexity index is 1230. The number of aromatic nitrogens is 4. The molecule has 1 aliphatic rings. The third-order valence-electron chi connectivity index (χ3n) is 7.00. The molecule has 4 N–H and O–H groups in total. The number of thioether (sulfide) groups is 1. The molecule has 1 saturated heterocycles. The van der Waals surface area contributed by atoms with E-state index in [-0.39, 0.29) is 11.3 Å². The van der Waals surface area contributed by atoms with E-state index in [1.54, 1.807) is 6.92 Å². The summed E-state index contributed by atoms with van der Waals surface area (Å²) >= 11 is 1.08. The third kappa shape index (κ3) is 5.20. The Kier molecular flexibility index (Phi) is 8.49. The second kappa shape index (κ2) is 11.3. The number of nitrogens with zero attached hydrogens (tertiary/aromatic N) is 4. The average molecular weight is 559 g/mol. The molecule has 3 heterocycles. The van der Waals surface area contributed by atoms with E-state index in [4.69, 9.17) is 9.26 Å². The van der Waals surface area contributed by atoms with Crippen LogP contribution in [-0.2, 0) is 4.74 Å². The Labute approximate surface area is 220 Å². The maximum atomic E-state index is 13.8. The fourth-order valence-corrected chi connectivity index (χ4v) is 6.30. The van der Waals surface area contributed by atoms with Gasteiger partial charge in [-0.15, -0.1) is 16.9 Å². The molecule has 1 aliphatic heterocycles. The average Bonchev–Trinajstić information content (AvgIpc) is 3.55. The molecule has 0 radical (unpaired) electrons. The minimum absolute atomic E-state index is 0.0391. The van der Waals surface area contributed by atoms with Gasteiger partial charge in [-0.05, 0) is 31.9 Å². The van der Waals surface area contributed by atoms with Gasteiger partial charge in [-0.3, -0.25) is 0 Å². The molecule has 1 unspecified atom stereocenters. The van der Waals surface area contributed by atoms with Crippen molar-refractivity contribution in [3.63, 3.8) is 0 Å². The van der Waals surface area contributed by atoms with Crippen LogP contribution in [0.2, 0.25) is 0 Å². The zero-order chi connectivity index (χ0) is 27.8. The molecule has 1 fully saturated rings. The standard InChI is InChI=1S/C24H29F3N4O6S/c1-4-24(35,5-2)22(13-10-36-29-11(13)3)38-23-21(34)19(20(33)17(9-32)37-23)31-8-16(28-30-31)12-6-14(25)18(27)15(26)7-12/h6-8,10,17,19-23,32-35H,4-5,9H2,1-3H3/t17-,19+,20+,21-,22?,23+/m1/s1. The highest BCUT2D eigenvalue weighted by atomic mass is 32.2. The molecule has 0 aliphatic carbocycles. The second-order valence-corrected chi connectivity index (χ2v) is 10.4. The van der Waals surface area contributed by atoms with Crippen molar-refractivity contribution in [3.05, 3.63) is 53.3 Å². The molecule has 2 aromatic heterocycles. The third-order valence-corrected chi connectivity index (χ3v) is 8.62. The van der Waals surface area contributed by atoms with Gasteiger partial charge >= 0.3 is 0 Å². The first-order valence-corrected chi connectivity index (χ1v) is 13.0. The van der Waals surface area contributed by atoms with E-state index < -0.39 is 64.7 Å². The molecule has 4 rings (SSSR count). The first-order valence-electron chi connectivity index (χ1n) is 12.0. The molecule has 38 heavy (non-hydrogen) atoms. The molecule has 14 heteroatoms. The van der Waals surface area contributed by atoms with Crippen LogP contribution in [-0.4, -0.2) is 76.5 Å². The van der Waals surface area contributed by atoms with Gasteiger partial charge in [0.1, 0.15) is 41.7 Å². The molecule has 0 amide bonds. The van der Waals surface area contributed by atoms with Crippen LogP contribution in [0, 0.1) is 24.4 Å². The van der Waals surface area contributed by atoms with E-state index in [1.807, 2.05) is 13.8 Å². The lowest BCUT2D eigenvalue weighted by Gasteiger charge is -2.44. The van der Waals surface area contributed by atoms with E-state index in [0.717, 1.165) is 28.6 Å². The van der Waals surface area contributed by atoms with Gasteiger partial charge in [-0.2, -0.15) is 0 Å². The van der Waals surface area contributed by atoms with Crippen LogP contribution >= 0.6 is 11.8 Å². The Hall–Kier alpha value is -2.49. The van der Waals surface area contributed by atoms with Crippen molar-refractivity contribution in [2.45, 2.75) is 74.3 Å². The van der Waals surface area contributed by atoms with Gasteiger partial charge in [0, 0.05) is 11.1 Å². The number of aliphatic hydroxyl groups excluding tert-OH is 3. The number of aryl methyl sites for hydroxylation is 1. The van der Waals surface area contributed by atoms with Crippen molar-refractivity contribution in [1.29, 1.82) is 0 Å². The number of hydrogen-bond donors (Lipinski definition) is 4. The summed E-state index contributed by atoms with van der Waals surface area (Å²) in [5.41, 5.74) is -1.30. The predicted molar refractivity (Wildman–Crippen MR) is 129 cm³/mol. The van der Waals surface area contributed by atoms with E-state index in [1.165, 1.54) is 12.5 Å². The molecule has 208 valence electrons. The molecule has 3 aromatic rings. The van der Waals surface area contributed by atoms with E-state index in [0.29, 0.717) is 24.1 Å². The topological polar surface area (TPSA) is 147 Å². The van der Waals surface area contributed by atoms with Crippen LogP contribution in [0.25, 0.3) is 11.3 Å². The summed E-state index contributed by atoms with van der Waals surface area (Å²) in [4.78, 5) is 0. The molecule has 0 spiro atoms. The molecular formula is C24H29F3N4O6S. The molecule has 6 atom stereocenters. The lowest BCUT2D eigenvalue weighted by molar-refractivity contribution is -0.179. The SMILES string of the molecule is CCC(O)(CC)C(S[C@@H]1O[C@H](CO)[C@H](O)[C@H](n2cc(-c3cc(F)c(F)c(F)c3)nn2)[C@H]1O)c1conc1C. The van der Waals surface area contributed by atoms with Gasteiger partial charge in [0.2, 0.25) is 0 Å². The molecule has 0 saturated carbocycles. The molecule has 10 nitrogen and oxygen atoms in total. The summed E-state index contributed by atoms with van der Waals surface area (Å²) in [5.74, 6) is -4.45. The van der Waals surface area contributed by atoms with Crippen molar-refractivity contribution < 1.29 is 42.9 Å². The second-order valence-electron chi connectivity index (χ2n) is 9.22. The summed E-state index contributed by atoms with van der Waals surface area (Å²) < 4.78 is 52.9. The number of halogens is 3. The van der Waals surface area contributed by atoms with Crippen LogP contribution < -0.4 is 0 Å².